The van der Waals surface area contributed by atoms with Gasteiger partial charge in [-0.2, -0.15) is 0 Å². The van der Waals surface area contributed by atoms with Crippen molar-refractivity contribution in [3.63, 3.8) is 0 Å². The second-order valence-corrected chi connectivity index (χ2v) is 2.81. The zero-order chi connectivity index (χ0) is 7.56. The summed E-state index contributed by atoms with van der Waals surface area (Å²) in [6.45, 7) is 0.888. The van der Waals surface area contributed by atoms with E-state index >= 15 is 0 Å². The largest absolute Gasteiger partial charge is 0.548 e. The van der Waals surface area contributed by atoms with Gasteiger partial charge in [0.15, 0.2) is 0 Å². The van der Waals surface area contributed by atoms with E-state index in [1.165, 1.54) is 0 Å². The molecule has 3 heteroatoms. The van der Waals surface area contributed by atoms with Crippen LogP contribution in [0.15, 0.2) is 0 Å². The summed E-state index contributed by atoms with van der Waals surface area (Å²) in [6.07, 6.45) is 2.88. The quantitative estimate of drug-likeness (QED) is 0.482. The number of nitrogens with zero attached hydrogens (tertiary/aromatic N) is 1. The Balaban J connectivity index is 2.47. The zero-order valence-corrected chi connectivity index (χ0v) is 6.17. The number of carbonyl (C=O) groups is 1. The molecule has 1 aliphatic rings. The predicted octanol–water partition coefficient (Wildman–Crippen LogP) is -0.779. The van der Waals surface area contributed by atoms with E-state index in [1.807, 2.05) is 11.9 Å². The molecule has 0 aromatic carbocycles. The van der Waals surface area contributed by atoms with E-state index in [0.717, 1.165) is 25.8 Å². The Morgan fingerprint density at radius 2 is 2.30 bits per heavy atom. The van der Waals surface area contributed by atoms with Crippen LogP contribution < -0.4 is 5.11 Å². The lowest BCUT2D eigenvalue weighted by atomic mass is 10.0. The predicted molar refractivity (Wildman–Crippen MR) is 35.3 cm³/mol. The van der Waals surface area contributed by atoms with Gasteiger partial charge in [-0.25, -0.2) is 0 Å². The van der Waals surface area contributed by atoms with Crippen molar-refractivity contribution in [1.82, 2.24) is 4.90 Å². The van der Waals surface area contributed by atoms with E-state index in [4.69, 9.17) is 0 Å². The van der Waals surface area contributed by atoms with Crippen molar-refractivity contribution >= 4 is 5.97 Å². The molecule has 1 atom stereocenters. The summed E-state index contributed by atoms with van der Waals surface area (Å²) in [5, 5.41) is 10.4. The molecule has 1 aliphatic heterocycles. The van der Waals surface area contributed by atoms with E-state index in [0.29, 0.717) is 0 Å². The van der Waals surface area contributed by atoms with Gasteiger partial charge in [0.2, 0.25) is 0 Å². The minimum atomic E-state index is -0.929. The van der Waals surface area contributed by atoms with E-state index in [1.54, 1.807) is 0 Å². The van der Waals surface area contributed by atoms with Crippen LogP contribution in [0.2, 0.25) is 0 Å². The van der Waals surface area contributed by atoms with Crippen LogP contribution >= 0.6 is 0 Å². The summed E-state index contributed by atoms with van der Waals surface area (Å²) in [7, 11) is 1.83. The average molecular weight is 142 g/mol. The Hall–Kier alpha value is -0.570. The summed E-state index contributed by atoms with van der Waals surface area (Å²) >= 11 is 0. The maximum Gasteiger partial charge on any atom is 0.0586 e. The highest BCUT2D eigenvalue weighted by Crippen LogP contribution is 2.13. The number of rotatable bonds is 1. The highest BCUT2D eigenvalue weighted by molar-refractivity contribution is 5.71. The summed E-state index contributed by atoms with van der Waals surface area (Å²) in [4.78, 5) is 12.3. The average Bonchev–Trinajstić information content (AvgIpc) is 1.88. The zero-order valence-electron chi connectivity index (χ0n) is 6.17. The van der Waals surface area contributed by atoms with Gasteiger partial charge in [0.1, 0.15) is 0 Å². The number of aliphatic carboxylic acids is 1. The fourth-order valence-corrected chi connectivity index (χ4v) is 1.37. The molecule has 10 heavy (non-hydrogen) atoms. The maximum atomic E-state index is 10.4. The standard InChI is InChI=1S/C7H13NO2/c1-8-5-3-2-4-6(8)7(9)10/h6H,2-5H2,1H3,(H,9,10)/p-1/t6-/m1/s1. The van der Waals surface area contributed by atoms with Gasteiger partial charge in [0, 0.05) is 6.04 Å². The number of hydrogen-bond donors (Lipinski definition) is 0. The lowest BCUT2D eigenvalue weighted by molar-refractivity contribution is -0.312. The second-order valence-electron chi connectivity index (χ2n) is 2.81. The third-order valence-corrected chi connectivity index (χ3v) is 2.04. The molecule has 0 radical (unpaired) electrons. The molecule has 1 heterocycles. The van der Waals surface area contributed by atoms with Crippen LogP contribution in [0.4, 0.5) is 0 Å². The van der Waals surface area contributed by atoms with Crippen molar-refractivity contribution in [2.45, 2.75) is 25.3 Å². The monoisotopic (exact) mass is 142 g/mol. The van der Waals surface area contributed by atoms with Gasteiger partial charge in [-0.15, -0.1) is 0 Å². The molecule has 3 nitrogen and oxygen atoms in total. The summed E-state index contributed by atoms with van der Waals surface area (Å²) in [5.74, 6) is -0.929. The van der Waals surface area contributed by atoms with E-state index in [-0.39, 0.29) is 6.04 Å². The first-order valence-electron chi connectivity index (χ1n) is 3.63. The molecular weight excluding hydrogens is 130 g/mol. The minimum Gasteiger partial charge on any atom is -0.548 e. The van der Waals surface area contributed by atoms with Crippen LogP contribution in [-0.2, 0) is 4.79 Å². The van der Waals surface area contributed by atoms with Crippen LogP contribution in [0, 0.1) is 0 Å². The molecule has 0 bridgehead atoms. The van der Waals surface area contributed by atoms with Crippen LogP contribution in [-0.4, -0.2) is 30.5 Å². The molecule has 0 spiro atoms. The van der Waals surface area contributed by atoms with Crippen LogP contribution in [0.3, 0.4) is 0 Å². The Bertz CT molecular complexity index is 136. The van der Waals surface area contributed by atoms with Crippen LogP contribution in [0.1, 0.15) is 19.3 Å². The Morgan fingerprint density at radius 3 is 2.70 bits per heavy atom. The molecule has 1 saturated heterocycles. The third-order valence-electron chi connectivity index (χ3n) is 2.04. The summed E-state index contributed by atoms with van der Waals surface area (Å²) < 4.78 is 0. The highest BCUT2D eigenvalue weighted by atomic mass is 16.4. The van der Waals surface area contributed by atoms with E-state index in [2.05, 4.69) is 0 Å². The maximum absolute atomic E-state index is 10.4. The number of piperidine rings is 1. The van der Waals surface area contributed by atoms with E-state index in [9.17, 15) is 9.90 Å². The van der Waals surface area contributed by atoms with E-state index < -0.39 is 5.97 Å². The van der Waals surface area contributed by atoms with Crippen molar-refractivity contribution in [3.05, 3.63) is 0 Å². The van der Waals surface area contributed by atoms with Gasteiger partial charge < -0.3 is 9.90 Å². The SMILES string of the molecule is CN1CCCC[C@@H]1C(=O)[O-]. The molecule has 0 aromatic rings. The van der Waals surface area contributed by atoms with Gasteiger partial charge in [0.05, 0.1) is 5.97 Å². The molecule has 58 valence electrons. The Labute approximate surface area is 60.6 Å². The lowest BCUT2D eigenvalue weighted by Crippen LogP contribution is -2.48. The lowest BCUT2D eigenvalue weighted by Gasteiger charge is -2.32. The van der Waals surface area contributed by atoms with Crippen molar-refractivity contribution in [1.29, 1.82) is 0 Å². The minimum absolute atomic E-state index is 0.339. The topological polar surface area (TPSA) is 43.4 Å². The van der Waals surface area contributed by atoms with Crippen molar-refractivity contribution in [2.75, 3.05) is 13.6 Å². The first-order chi connectivity index (χ1) is 4.72. The number of carboxylic acids is 1. The Morgan fingerprint density at radius 1 is 1.60 bits per heavy atom. The first kappa shape index (κ1) is 7.54. The molecule has 0 aromatic heterocycles. The van der Waals surface area contributed by atoms with Gasteiger partial charge in [-0.05, 0) is 26.4 Å². The summed E-state index contributed by atoms with van der Waals surface area (Å²) in [5.41, 5.74) is 0. The number of likely N-dealkylation sites (tertiary alicyclic amines) is 1. The normalized spacial score (nSPS) is 28.3. The smallest absolute Gasteiger partial charge is 0.0586 e. The first-order valence-corrected chi connectivity index (χ1v) is 3.63. The molecule has 0 saturated carbocycles. The van der Waals surface area contributed by atoms with Crippen LogP contribution in [0.5, 0.6) is 0 Å². The second kappa shape index (κ2) is 3.01. The van der Waals surface area contributed by atoms with Gasteiger partial charge in [-0.3, -0.25) is 4.90 Å². The molecule has 1 rings (SSSR count). The fraction of sp³-hybridized carbons (Fsp3) is 0.857. The number of likely N-dealkylation sites (N-methyl/N-ethyl adjacent to an activating group) is 1. The molecule has 0 amide bonds. The number of hydrogen-bond acceptors (Lipinski definition) is 3. The van der Waals surface area contributed by atoms with Gasteiger partial charge >= 0.3 is 0 Å². The van der Waals surface area contributed by atoms with Gasteiger partial charge in [-0.1, -0.05) is 6.42 Å². The fourth-order valence-electron chi connectivity index (χ4n) is 1.37. The molecule has 0 aliphatic carbocycles. The van der Waals surface area contributed by atoms with Crippen molar-refractivity contribution in [3.8, 4) is 0 Å². The highest BCUT2D eigenvalue weighted by Gasteiger charge is 2.18. The van der Waals surface area contributed by atoms with Gasteiger partial charge in [0.25, 0.3) is 0 Å². The number of carbonyl (C=O) groups excluding carboxylic acids is 1. The van der Waals surface area contributed by atoms with Crippen molar-refractivity contribution in [2.24, 2.45) is 0 Å². The molecule has 1 fully saturated rings. The Kier molecular flexibility index (Phi) is 2.27. The third kappa shape index (κ3) is 1.48. The molecule has 0 unspecified atom stereocenters. The summed E-state index contributed by atoms with van der Waals surface area (Å²) in [6, 6.07) is -0.339. The number of carboxylic acid groups (broad SMARTS) is 1. The molecule has 0 N–H and O–H groups in total. The van der Waals surface area contributed by atoms with Crippen LogP contribution in [0.25, 0.3) is 0 Å². The molecular formula is C7H12NO2-. The van der Waals surface area contributed by atoms with Crippen molar-refractivity contribution < 1.29 is 9.90 Å².